The molecule has 0 fully saturated rings. The van der Waals surface area contributed by atoms with Crippen LogP contribution in [-0.4, -0.2) is 6.03 Å². The molecule has 2 N–H and O–H groups in total. The van der Waals surface area contributed by atoms with E-state index in [1.807, 2.05) is 48.5 Å². The standard InChI is InChI=1S/C13H10BrIN2O/c14-11-7-6-10(8-12(11)15)17-13(18)16-9-4-2-1-3-5-9/h1-8H,(H2,16,17,18). The maximum Gasteiger partial charge on any atom is 0.323 e. The van der Waals surface area contributed by atoms with Crippen LogP contribution in [0.5, 0.6) is 0 Å². The van der Waals surface area contributed by atoms with Crippen LogP contribution in [0.1, 0.15) is 0 Å². The summed E-state index contributed by atoms with van der Waals surface area (Å²) in [6, 6.07) is 14.7. The highest BCUT2D eigenvalue weighted by molar-refractivity contribution is 14.1. The van der Waals surface area contributed by atoms with Crippen molar-refractivity contribution in [3.05, 3.63) is 56.6 Å². The fraction of sp³-hybridized carbons (Fsp3) is 0. The summed E-state index contributed by atoms with van der Waals surface area (Å²) >= 11 is 5.62. The number of benzene rings is 2. The van der Waals surface area contributed by atoms with Gasteiger partial charge in [-0.15, -0.1) is 0 Å². The summed E-state index contributed by atoms with van der Waals surface area (Å²) in [7, 11) is 0. The first-order valence-electron chi connectivity index (χ1n) is 5.23. The average molecular weight is 417 g/mol. The van der Waals surface area contributed by atoms with Crippen molar-refractivity contribution in [2.24, 2.45) is 0 Å². The van der Waals surface area contributed by atoms with Gasteiger partial charge in [0.25, 0.3) is 0 Å². The van der Waals surface area contributed by atoms with Crippen molar-refractivity contribution in [2.45, 2.75) is 0 Å². The lowest BCUT2D eigenvalue weighted by molar-refractivity contribution is 0.262. The van der Waals surface area contributed by atoms with Gasteiger partial charge in [0.05, 0.1) is 0 Å². The van der Waals surface area contributed by atoms with Gasteiger partial charge in [-0.05, 0) is 68.9 Å². The number of amides is 2. The van der Waals surface area contributed by atoms with E-state index in [1.54, 1.807) is 0 Å². The average Bonchev–Trinajstić information content (AvgIpc) is 2.35. The molecule has 0 aliphatic rings. The zero-order chi connectivity index (χ0) is 13.0. The second-order valence-corrected chi connectivity index (χ2v) is 5.59. The fourth-order valence-electron chi connectivity index (χ4n) is 1.39. The molecule has 0 aliphatic carbocycles. The Labute approximate surface area is 127 Å². The van der Waals surface area contributed by atoms with Crippen LogP contribution in [0.25, 0.3) is 0 Å². The maximum atomic E-state index is 11.7. The lowest BCUT2D eigenvalue weighted by Crippen LogP contribution is -2.19. The minimum Gasteiger partial charge on any atom is -0.308 e. The number of nitrogens with one attached hydrogen (secondary N) is 2. The predicted molar refractivity (Wildman–Crippen MR) is 85.9 cm³/mol. The molecular formula is C13H10BrIN2O. The van der Waals surface area contributed by atoms with E-state index >= 15 is 0 Å². The highest BCUT2D eigenvalue weighted by Gasteiger charge is 2.03. The van der Waals surface area contributed by atoms with Gasteiger partial charge in [0.2, 0.25) is 0 Å². The van der Waals surface area contributed by atoms with Gasteiger partial charge < -0.3 is 10.6 Å². The summed E-state index contributed by atoms with van der Waals surface area (Å²) in [5, 5.41) is 5.54. The number of urea groups is 1. The van der Waals surface area contributed by atoms with Crippen LogP contribution in [0.15, 0.2) is 53.0 Å². The zero-order valence-corrected chi connectivity index (χ0v) is 13.0. The van der Waals surface area contributed by atoms with E-state index in [9.17, 15) is 4.79 Å². The van der Waals surface area contributed by atoms with Gasteiger partial charge in [0, 0.05) is 19.4 Å². The van der Waals surface area contributed by atoms with Gasteiger partial charge in [-0.25, -0.2) is 4.79 Å². The van der Waals surface area contributed by atoms with Crippen LogP contribution in [0.3, 0.4) is 0 Å². The number of para-hydroxylation sites is 1. The van der Waals surface area contributed by atoms with Gasteiger partial charge in [-0.3, -0.25) is 0 Å². The van der Waals surface area contributed by atoms with E-state index in [1.165, 1.54) is 0 Å². The second kappa shape index (κ2) is 6.19. The molecule has 0 heterocycles. The highest BCUT2D eigenvalue weighted by Crippen LogP contribution is 2.22. The van der Waals surface area contributed by atoms with Gasteiger partial charge in [-0.2, -0.15) is 0 Å². The Morgan fingerprint density at radius 1 is 1.00 bits per heavy atom. The Bertz CT molecular complexity index is 560. The SMILES string of the molecule is O=C(Nc1ccccc1)Nc1ccc(Br)c(I)c1. The van der Waals surface area contributed by atoms with Gasteiger partial charge in [-0.1, -0.05) is 18.2 Å². The van der Waals surface area contributed by atoms with E-state index in [0.29, 0.717) is 0 Å². The summed E-state index contributed by atoms with van der Waals surface area (Å²) in [6.45, 7) is 0. The summed E-state index contributed by atoms with van der Waals surface area (Å²) in [4.78, 5) is 11.7. The predicted octanol–water partition coefficient (Wildman–Crippen LogP) is 4.70. The van der Waals surface area contributed by atoms with E-state index in [-0.39, 0.29) is 6.03 Å². The summed E-state index contributed by atoms with van der Waals surface area (Å²) in [5.74, 6) is 0. The molecule has 0 unspecified atom stereocenters. The largest absolute Gasteiger partial charge is 0.323 e. The molecule has 18 heavy (non-hydrogen) atoms. The molecule has 0 radical (unpaired) electrons. The van der Waals surface area contributed by atoms with Crippen molar-refractivity contribution < 1.29 is 4.79 Å². The molecule has 0 spiro atoms. The Kier molecular flexibility index (Phi) is 4.60. The lowest BCUT2D eigenvalue weighted by Gasteiger charge is -2.08. The second-order valence-electron chi connectivity index (χ2n) is 3.57. The van der Waals surface area contributed by atoms with Crippen LogP contribution in [0.2, 0.25) is 0 Å². The van der Waals surface area contributed by atoms with Crippen LogP contribution in [-0.2, 0) is 0 Å². The number of rotatable bonds is 2. The van der Waals surface area contributed by atoms with Crippen LogP contribution < -0.4 is 10.6 Å². The van der Waals surface area contributed by atoms with E-state index < -0.39 is 0 Å². The minimum atomic E-state index is -0.251. The Hall–Kier alpha value is -1.08. The third kappa shape index (κ3) is 3.71. The quantitative estimate of drug-likeness (QED) is 0.684. The number of anilines is 2. The van der Waals surface area contributed by atoms with Gasteiger partial charge >= 0.3 is 6.03 Å². The first-order valence-corrected chi connectivity index (χ1v) is 7.10. The number of hydrogen-bond donors (Lipinski definition) is 2. The molecule has 0 bridgehead atoms. The van der Waals surface area contributed by atoms with Crippen molar-refractivity contribution in [3.8, 4) is 0 Å². The highest BCUT2D eigenvalue weighted by atomic mass is 127. The van der Waals surface area contributed by atoms with Crippen molar-refractivity contribution in [1.29, 1.82) is 0 Å². The maximum absolute atomic E-state index is 11.7. The molecule has 92 valence electrons. The summed E-state index contributed by atoms with van der Waals surface area (Å²) in [6.07, 6.45) is 0. The number of halogens is 2. The number of carbonyl (C=O) groups is 1. The van der Waals surface area contributed by atoms with E-state index in [2.05, 4.69) is 49.2 Å². The van der Waals surface area contributed by atoms with Crippen molar-refractivity contribution in [3.63, 3.8) is 0 Å². The fourth-order valence-corrected chi connectivity index (χ4v) is 2.15. The van der Waals surface area contributed by atoms with Crippen molar-refractivity contribution >= 4 is 55.9 Å². The van der Waals surface area contributed by atoms with Gasteiger partial charge in [0.15, 0.2) is 0 Å². The molecule has 0 saturated carbocycles. The first-order chi connectivity index (χ1) is 8.65. The summed E-state index contributed by atoms with van der Waals surface area (Å²) in [5.41, 5.74) is 1.53. The third-order valence-electron chi connectivity index (χ3n) is 2.21. The molecule has 0 aliphatic heterocycles. The van der Waals surface area contributed by atoms with Gasteiger partial charge in [0.1, 0.15) is 0 Å². The summed E-state index contributed by atoms with van der Waals surface area (Å²) < 4.78 is 2.06. The van der Waals surface area contributed by atoms with Crippen LogP contribution in [0, 0.1) is 3.57 Å². The molecule has 2 rings (SSSR count). The van der Waals surface area contributed by atoms with Crippen LogP contribution >= 0.6 is 38.5 Å². The van der Waals surface area contributed by atoms with Crippen LogP contribution in [0.4, 0.5) is 16.2 Å². The molecule has 2 amide bonds. The Morgan fingerprint density at radius 3 is 2.33 bits per heavy atom. The molecule has 0 aromatic heterocycles. The van der Waals surface area contributed by atoms with Crippen molar-refractivity contribution in [1.82, 2.24) is 0 Å². The molecule has 0 saturated heterocycles. The molecular weight excluding hydrogens is 407 g/mol. The Balaban J connectivity index is 2.01. The number of carbonyl (C=O) groups excluding carboxylic acids is 1. The topological polar surface area (TPSA) is 41.1 Å². The molecule has 2 aromatic carbocycles. The number of hydrogen-bond acceptors (Lipinski definition) is 1. The molecule has 3 nitrogen and oxygen atoms in total. The monoisotopic (exact) mass is 416 g/mol. The van der Waals surface area contributed by atoms with Crippen molar-refractivity contribution in [2.75, 3.05) is 10.6 Å². The Morgan fingerprint density at radius 2 is 1.67 bits per heavy atom. The molecule has 2 aromatic rings. The normalized spacial score (nSPS) is 9.89. The molecule has 0 atom stereocenters. The zero-order valence-electron chi connectivity index (χ0n) is 9.28. The van der Waals surface area contributed by atoms with E-state index in [0.717, 1.165) is 19.4 Å². The smallest absolute Gasteiger partial charge is 0.308 e. The lowest BCUT2D eigenvalue weighted by atomic mass is 10.3. The first kappa shape index (κ1) is 13.4. The minimum absolute atomic E-state index is 0.251. The molecule has 5 heteroatoms. The third-order valence-corrected chi connectivity index (χ3v) is 4.53. The van der Waals surface area contributed by atoms with E-state index in [4.69, 9.17) is 0 Å².